The van der Waals surface area contributed by atoms with E-state index < -0.39 is 11.6 Å². The number of ketones is 1. The molecule has 0 unspecified atom stereocenters. The molecule has 2 fully saturated rings. The van der Waals surface area contributed by atoms with E-state index in [9.17, 15) is 9.90 Å². The molecule has 0 saturated carbocycles. The average molecular weight is 282 g/mol. The van der Waals surface area contributed by atoms with Crippen molar-refractivity contribution in [1.29, 1.82) is 0 Å². The molecule has 0 aromatic rings. The third-order valence-corrected chi connectivity index (χ3v) is 5.00. The van der Waals surface area contributed by atoms with Crippen LogP contribution in [0.15, 0.2) is 11.1 Å². The predicted octanol–water partition coefficient (Wildman–Crippen LogP) is 1.54. The average Bonchev–Trinajstić information content (AvgIpc) is 2.59. The van der Waals surface area contributed by atoms with Gasteiger partial charge < -0.3 is 19.3 Å². The van der Waals surface area contributed by atoms with Crippen LogP contribution in [0, 0.1) is 5.92 Å². The van der Waals surface area contributed by atoms with E-state index in [1.807, 2.05) is 27.7 Å². The van der Waals surface area contributed by atoms with Crippen LogP contribution in [-0.2, 0) is 19.0 Å². The Kier molecular flexibility index (Phi) is 2.93. The predicted molar refractivity (Wildman–Crippen MR) is 70.8 cm³/mol. The van der Waals surface area contributed by atoms with Crippen LogP contribution in [0.4, 0.5) is 0 Å². The quantitative estimate of drug-likeness (QED) is 0.730. The van der Waals surface area contributed by atoms with Crippen LogP contribution >= 0.6 is 0 Å². The first-order valence-electron chi connectivity index (χ1n) is 7.22. The van der Waals surface area contributed by atoms with Gasteiger partial charge in [0.25, 0.3) is 0 Å². The number of allylic oxidation sites excluding steroid dienone is 1. The van der Waals surface area contributed by atoms with E-state index >= 15 is 0 Å². The summed E-state index contributed by atoms with van der Waals surface area (Å²) in [4.78, 5) is 12.2. The van der Waals surface area contributed by atoms with Crippen molar-refractivity contribution in [2.45, 2.75) is 70.9 Å². The number of aliphatic hydroxyl groups is 1. The zero-order valence-corrected chi connectivity index (χ0v) is 12.6. The van der Waals surface area contributed by atoms with Gasteiger partial charge in [-0.05, 0) is 33.3 Å². The number of rotatable bonds is 0. The smallest absolute Gasteiger partial charge is 0.249 e. The van der Waals surface area contributed by atoms with Crippen molar-refractivity contribution in [1.82, 2.24) is 0 Å². The van der Waals surface area contributed by atoms with Gasteiger partial charge >= 0.3 is 0 Å². The van der Waals surface area contributed by atoms with Crippen molar-refractivity contribution in [2.24, 2.45) is 5.92 Å². The molecule has 0 amide bonds. The molecule has 2 heterocycles. The Hall–Kier alpha value is -0.750. The molecule has 1 aliphatic carbocycles. The van der Waals surface area contributed by atoms with Gasteiger partial charge in [-0.1, -0.05) is 6.92 Å². The summed E-state index contributed by atoms with van der Waals surface area (Å²) in [5.41, 5.74) is 1.37. The highest BCUT2D eigenvalue weighted by Crippen LogP contribution is 2.55. The topological polar surface area (TPSA) is 65.0 Å². The van der Waals surface area contributed by atoms with Gasteiger partial charge in [0.05, 0.1) is 24.7 Å². The van der Waals surface area contributed by atoms with Crippen molar-refractivity contribution < 1.29 is 24.1 Å². The molecule has 112 valence electrons. The molecule has 1 spiro atoms. The van der Waals surface area contributed by atoms with Gasteiger partial charge in [-0.2, -0.15) is 0 Å². The first-order valence-corrected chi connectivity index (χ1v) is 7.22. The van der Waals surface area contributed by atoms with Gasteiger partial charge in [0, 0.05) is 11.5 Å². The van der Waals surface area contributed by atoms with Crippen molar-refractivity contribution in [3.8, 4) is 0 Å². The van der Waals surface area contributed by atoms with Gasteiger partial charge in [0.2, 0.25) is 11.6 Å². The van der Waals surface area contributed by atoms with Crippen molar-refractivity contribution >= 4 is 5.78 Å². The second-order valence-corrected chi connectivity index (χ2v) is 6.30. The highest BCUT2D eigenvalue weighted by atomic mass is 16.8. The van der Waals surface area contributed by atoms with E-state index in [4.69, 9.17) is 14.2 Å². The van der Waals surface area contributed by atoms with Crippen LogP contribution in [-0.4, -0.2) is 40.8 Å². The fourth-order valence-corrected chi connectivity index (χ4v) is 3.53. The second-order valence-electron chi connectivity index (χ2n) is 6.30. The molecule has 0 aromatic heterocycles. The Balaban J connectivity index is 2.20. The van der Waals surface area contributed by atoms with E-state index in [1.54, 1.807) is 6.92 Å². The summed E-state index contributed by atoms with van der Waals surface area (Å²) in [6.45, 7) is 9.41. The fraction of sp³-hybridized carbons (Fsp3) is 0.800. The van der Waals surface area contributed by atoms with Crippen LogP contribution in [0.2, 0.25) is 0 Å². The summed E-state index contributed by atoms with van der Waals surface area (Å²) in [6.07, 6.45) is -0.781. The first kappa shape index (κ1) is 14.2. The molecule has 0 aromatic carbocycles. The standard InChI is InChI=1S/C15H22O5/c1-7-9(3)19-15-13(7)8(2)12(16)6-14(15,17)18-10(4)11(5)20-15/h7,9-11,17H,6H2,1-5H3/t7-,9-,10-,11-,14-,15+/m1/s1. The third-order valence-electron chi connectivity index (χ3n) is 5.00. The molecule has 0 radical (unpaired) electrons. The molecule has 2 saturated heterocycles. The molecular formula is C15H22O5. The van der Waals surface area contributed by atoms with Gasteiger partial charge in [-0.3, -0.25) is 4.79 Å². The monoisotopic (exact) mass is 282 g/mol. The van der Waals surface area contributed by atoms with E-state index in [-0.39, 0.29) is 36.4 Å². The maximum Gasteiger partial charge on any atom is 0.249 e. The lowest BCUT2D eigenvalue weighted by Gasteiger charge is -2.53. The van der Waals surface area contributed by atoms with Gasteiger partial charge in [-0.15, -0.1) is 0 Å². The van der Waals surface area contributed by atoms with E-state index in [0.717, 1.165) is 5.57 Å². The Morgan fingerprint density at radius 2 is 1.60 bits per heavy atom. The van der Waals surface area contributed by atoms with Crippen LogP contribution in [0.25, 0.3) is 0 Å². The number of hydrogen-bond acceptors (Lipinski definition) is 5. The van der Waals surface area contributed by atoms with Gasteiger partial charge in [0.1, 0.15) is 0 Å². The van der Waals surface area contributed by atoms with E-state index in [0.29, 0.717) is 5.57 Å². The highest BCUT2D eigenvalue weighted by molar-refractivity contribution is 5.98. The summed E-state index contributed by atoms with van der Waals surface area (Å²) in [6, 6.07) is 0. The molecule has 2 aliphatic heterocycles. The molecule has 3 aliphatic rings. The Bertz CT molecular complexity index is 498. The molecule has 0 bridgehead atoms. The highest BCUT2D eigenvalue weighted by Gasteiger charge is 2.69. The summed E-state index contributed by atoms with van der Waals surface area (Å²) < 4.78 is 17.8. The fourth-order valence-electron chi connectivity index (χ4n) is 3.53. The number of Topliss-reactive ketones (excluding diaryl/α,β-unsaturated/α-hetero) is 1. The zero-order chi connectivity index (χ0) is 14.9. The third kappa shape index (κ3) is 1.55. The van der Waals surface area contributed by atoms with Gasteiger partial charge in [0.15, 0.2) is 5.78 Å². The summed E-state index contributed by atoms with van der Waals surface area (Å²) in [5.74, 6) is -3.16. The zero-order valence-electron chi connectivity index (χ0n) is 12.6. The number of carbonyl (C=O) groups is 1. The normalized spacial score (nSPS) is 52.0. The molecule has 1 N–H and O–H groups in total. The Labute approximate surface area is 118 Å². The van der Waals surface area contributed by atoms with E-state index in [2.05, 4.69) is 0 Å². The summed E-state index contributed by atoms with van der Waals surface area (Å²) in [7, 11) is 0. The SMILES string of the molecule is CC1=C2[C@H](C)[C@@H](C)O[C@]23O[C@H](C)[C@@H](C)O[C@]3(O)CC1=O. The van der Waals surface area contributed by atoms with Crippen molar-refractivity contribution in [3.63, 3.8) is 0 Å². The van der Waals surface area contributed by atoms with Crippen LogP contribution in [0.1, 0.15) is 41.0 Å². The van der Waals surface area contributed by atoms with Crippen LogP contribution in [0.3, 0.4) is 0 Å². The molecular weight excluding hydrogens is 260 g/mol. The molecule has 5 nitrogen and oxygen atoms in total. The van der Waals surface area contributed by atoms with Crippen molar-refractivity contribution in [2.75, 3.05) is 0 Å². The van der Waals surface area contributed by atoms with Crippen LogP contribution < -0.4 is 0 Å². The van der Waals surface area contributed by atoms with Crippen LogP contribution in [0.5, 0.6) is 0 Å². The molecule has 3 rings (SSSR count). The lowest BCUT2D eigenvalue weighted by atomic mass is 9.76. The largest absolute Gasteiger partial charge is 0.361 e. The molecule has 5 heteroatoms. The lowest BCUT2D eigenvalue weighted by Crippen LogP contribution is -2.68. The second kappa shape index (κ2) is 4.13. The minimum Gasteiger partial charge on any atom is -0.361 e. The van der Waals surface area contributed by atoms with E-state index in [1.165, 1.54) is 0 Å². The molecule has 6 atom stereocenters. The minimum absolute atomic E-state index is 0.00924. The number of carbonyl (C=O) groups excluding carboxylic acids is 1. The number of ether oxygens (including phenoxy) is 3. The van der Waals surface area contributed by atoms with Crippen molar-refractivity contribution in [3.05, 3.63) is 11.1 Å². The molecule has 20 heavy (non-hydrogen) atoms. The summed E-state index contributed by atoms with van der Waals surface area (Å²) >= 11 is 0. The number of hydrogen-bond donors (Lipinski definition) is 1. The van der Waals surface area contributed by atoms with Gasteiger partial charge in [-0.25, -0.2) is 0 Å². The Morgan fingerprint density at radius 3 is 2.25 bits per heavy atom. The maximum atomic E-state index is 12.2. The first-order chi connectivity index (χ1) is 9.22. The minimum atomic E-state index is -1.73. The Morgan fingerprint density at radius 1 is 1.05 bits per heavy atom. The maximum absolute atomic E-state index is 12.2. The lowest BCUT2D eigenvalue weighted by molar-refractivity contribution is -0.437. The summed E-state index contributed by atoms with van der Waals surface area (Å²) in [5, 5.41) is 10.9.